The average molecular weight is 397 g/mol. The Morgan fingerprint density at radius 3 is 2.44 bits per heavy atom. The first-order valence-corrected chi connectivity index (χ1v) is 9.10. The van der Waals surface area contributed by atoms with E-state index < -0.39 is 26.7 Å². The maximum atomic E-state index is 12.8. The molecule has 3 rings (SSSR count). The molecule has 0 aliphatic heterocycles. The Labute approximate surface area is 152 Å². The van der Waals surface area contributed by atoms with Crippen molar-refractivity contribution in [3.05, 3.63) is 59.7 Å². The molecular weight excluding hydrogens is 383 g/mol. The molecule has 1 aromatic carbocycles. The molecule has 11 heteroatoms. The number of aryl methyl sites for hydroxylation is 2. The lowest BCUT2D eigenvalue weighted by Gasteiger charge is -2.11. The lowest BCUT2D eigenvalue weighted by atomic mass is 10.2. The summed E-state index contributed by atoms with van der Waals surface area (Å²) in [5, 5.41) is 4.24. The molecule has 7 nitrogen and oxygen atoms in total. The number of hydrogen-bond donors (Lipinski definition) is 1. The first kappa shape index (κ1) is 18.8. The Hall–Kier alpha value is -2.95. The molecule has 0 amide bonds. The van der Waals surface area contributed by atoms with E-state index in [9.17, 15) is 21.6 Å². The number of aromatic nitrogens is 4. The van der Waals surface area contributed by atoms with Crippen LogP contribution >= 0.6 is 0 Å². The van der Waals surface area contributed by atoms with E-state index in [2.05, 4.69) is 19.8 Å². The fraction of sp³-hybridized carbons (Fsp3) is 0.188. The van der Waals surface area contributed by atoms with Crippen LogP contribution in [0.3, 0.4) is 0 Å². The first-order valence-electron chi connectivity index (χ1n) is 7.62. The van der Waals surface area contributed by atoms with Gasteiger partial charge in [0.05, 0.1) is 16.2 Å². The zero-order valence-corrected chi connectivity index (χ0v) is 15.0. The van der Waals surface area contributed by atoms with Gasteiger partial charge in [-0.2, -0.15) is 18.3 Å². The highest BCUT2D eigenvalue weighted by molar-refractivity contribution is 7.92. The van der Waals surface area contributed by atoms with Gasteiger partial charge in [-0.1, -0.05) is 6.07 Å². The Morgan fingerprint density at radius 1 is 1.07 bits per heavy atom. The van der Waals surface area contributed by atoms with Crippen molar-refractivity contribution in [3.8, 4) is 5.82 Å². The number of nitrogens with zero attached hydrogens (tertiary/aromatic N) is 4. The number of alkyl halides is 3. The third kappa shape index (κ3) is 4.08. The number of sulfonamides is 1. The van der Waals surface area contributed by atoms with E-state index in [0.717, 1.165) is 35.9 Å². The number of nitrogens with one attached hydrogen (secondary N) is 1. The highest BCUT2D eigenvalue weighted by Gasteiger charge is 2.31. The molecule has 0 saturated carbocycles. The highest BCUT2D eigenvalue weighted by Crippen LogP contribution is 2.30. The van der Waals surface area contributed by atoms with Crippen molar-refractivity contribution < 1.29 is 21.6 Å². The van der Waals surface area contributed by atoms with Crippen LogP contribution in [0.4, 0.5) is 19.0 Å². The quantitative estimate of drug-likeness (QED) is 0.731. The van der Waals surface area contributed by atoms with E-state index >= 15 is 0 Å². The minimum absolute atomic E-state index is 0.0926. The van der Waals surface area contributed by atoms with Gasteiger partial charge in [0.25, 0.3) is 10.0 Å². The van der Waals surface area contributed by atoms with Crippen LogP contribution in [-0.4, -0.2) is 28.2 Å². The lowest BCUT2D eigenvalue weighted by molar-refractivity contribution is -0.137. The largest absolute Gasteiger partial charge is 0.416 e. The molecule has 27 heavy (non-hydrogen) atoms. The minimum atomic E-state index is -4.65. The van der Waals surface area contributed by atoms with E-state index in [4.69, 9.17) is 0 Å². The Kier molecular flexibility index (Phi) is 4.64. The van der Waals surface area contributed by atoms with Gasteiger partial charge >= 0.3 is 6.18 Å². The summed E-state index contributed by atoms with van der Waals surface area (Å²) < 4.78 is 67.0. The molecule has 0 bridgehead atoms. The number of hydrogen-bond acceptors (Lipinski definition) is 5. The summed E-state index contributed by atoms with van der Waals surface area (Å²) in [6.07, 6.45) is -3.52. The second-order valence-corrected chi connectivity index (χ2v) is 7.41. The van der Waals surface area contributed by atoms with E-state index in [1.165, 1.54) is 10.7 Å². The van der Waals surface area contributed by atoms with Crippen molar-refractivity contribution in [1.29, 1.82) is 0 Å². The third-order valence-corrected chi connectivity index (χ3v) is 4.94. The summed E-state index contributed by atoms with van der Waals surface area (Å²) in [6.45, 7) is 3.59. The van der Waals surface area contributed by atoms with Crippen LogP contribution in [-0.2, 0) is 16.2 Å². The van der Waals surface area contributed by atoms with Gasteiger partial charge in [0.15, 0.2) is 5.82 Å². The minimum Gasteiger partial charge on any atom is -0.263 e. The summed E-state index contributed by atoms with van der Waals surface area (Å²) >= 11 is 0. The Morgan fingerprint density at radius 2 is 1.81 bits per heavy atom. The molecule has 2 aromatic heterocycles. The molecule has 142 valence electrons. The average Bonchev–Trinajstić information content (AvgIpc) is 2.92. The van der Waals surface area contributed by atoms with Crippen LogP contribution in [0.15, 0.2) is 47.6 Å². The van der Waals surface area contributed by atoms with Gasteiger partial charge < -0.3 is 0 Å². The smallest absolute Gasteiger partial charge is 0.263 e. The van der Waals surface area contributed by atoms with Crippen molar-refractivity contribution in [3.63, 3.8) is 0 Å². The molecule has 0 aliphatic carbocycles. The number of anilines is 1. The summed E-state index contributed by atoms with van der Waals surface area (Å²) in [6, 6.07) is 6.61. The molecule has 0 aliphatic rings. The molecule has 0 spiro atoms. The summed E-state index contributed by atoms with van der Waals surface area (Å²) in [7, 11) is -4.27. The lowest BCUT2D eigenvalue weighted by Crippen LogP contribution is -2.16. The van der Waals surface area contributed by atoms with Crippen molar-refractivity contribution >= 4 is 15.8 Å². The van der Waals surface area contributed by atoms with Gasteiger partial charge in [0.2, 0.25) is 0 Å². The van der Waals surface area contributed by atoms with Crippen molar-refractivity contribution in [2.45, 2.75) is 24.9 Å². The van der Waals surface area contributed by atoms with Gasteiger partial charge in [-0.15, -0.1) is 0 Å². The van der Waals surface area contributed by atoms with Gasteiger partial charge in [0.1, 0.15) is 12.1 Å². The second kappa shape index (κ2) is 6.65. The molecule has 0 fully saturated rings. The van der Waals surface area contributed by atoms with Crippen LogP contribution in [0.5, 0.6) is 0 Å². The van der Waals surface area contributed by atoms with Crippen LogP contribution in [0, 0.1) is 13.8 Å². The SMILES string of the molecule is Cc1cc(C)n(-c2cc(NS(=O)(=O)c3cccc(C(F)(F)F)c3)ncn2)n1. The summed E-state index contributed by atoms with van der Waals surface area (Å²) in [5.41, 5.74) is 0.464. The highest BCUT2D eigenvalue weighted by atomic mass is 32.2. The molecule has 2 heterocycles. The van der Waals surface area contributed by atoms with Gasteiger partial charge in [-0.25, -0.2) is 23.1 Å². The third-order valence-electron chi connectivity index (χ3n) is 3.59. The van der Waals surface area contributed by atoms with E-state index in [0.29, 0.717) is 11.9 Å². The molecule has 0 saturated heterocycles. The molecule has 1 N–H and O–H groups in total. The molecule has 3 aromatic rings. The monoisotopic (exact) mass is 397 g/mol. The Balaban J connectivity index is 1.93. The van der Waals surface area contributed by atoms with Crippen LogP contribution < -0.4 is 4.72 Å². The normalized spacial score (nSPS) is 12.2. The molecule has 0 unspecified atom stereocenters. The van der Waals surface area contributed by atoms with Crippen molar-refractivity contribution in [1.82, 2.24) is 19.7 Å². The molecule has 0 radical (unpaired) electrons. The first-order chi connectivity index (χ1) is 12.6. The predicted molar refractivity (Wildman–Crippen MR) is 90.9 cm³/mol. The van der Waals surface area contributed by atoms with Gasteiger partial charge in [-0.3, -0.25) is 4.72 Å². The van der Waals surface area contributed by atoms with E-state index in [1.54, 1.807) is 13.8 Å². The topological polar surface area (TPSA) is 89.8 Å². The Bertz CT molecular complexity index is 1090. The van der Waals surface area contributed by atoms with E-state index in [-0.39, 0.29) is 5.82 Å². The number of halogens is 3. The fourth-order valence-corrected chi connectivity index (χ4v) is 3.46. The van der Waals surface area contributed by atoms with Gasteiger partial charge in [0, 0.05) is 11.8 Å². The second-order valence-electron chi connectivity index (χ2n) is 5.73. The maximum Gasteiger partial charge on any atom is 0.416 e. The van der Waals surface area contributed by atoms with Crippen LogP contribution in [0.1, 0.15) is 17.0 Å². The molecule has 0 atom stereocenters. The summed E-state index contributed by atoms with van der Waals surface area (Å²) in [4.78, 5) is 7.33. The number of rotatable bonds is 4. The zero-order valence-electron chi connectivity index (χ0n) is 14.2. The van der Waals surface area contributed by atoms with Crippen molar-refractivity contribution in [2.75, 3.05) is 4.72 Å². The van der Waals surface area contributed by atoms with Crippen LogP contribution in [0.2, 0.25) is 0 Å². The molecular formula is C16H14F3N5O2S. The predicted octanol–water partition coefficient (Wildman–Crippen LogP) is 3.10. The number of benzene rings is 1. The zero-order chi connectivity index (χ0) is 19.8. The van der Waals surface area contributed by atoms with Crippen LogP contribution in [0.25, 0.3) is 5.82 Å². The van der Waals surface area contributed by atoms with Gasteiger partial charge in [-0.05, 0) is 38.1 Å². The fourth-order valence-electron chi connectivity index (χ4n) is 2.42. The summed E-state index contributed by atoms with van der Waals surface area (Å²) in [5.74, 6) is 0.224. The van der Waals surface area contributed by atoms with E-state index in [1.807, 2.05) is 6.07 Å². The standard InChI is InChI=1S/C16H14F3N5O2S/c1-10-6-11(2)24(22-10)15-8-14(20-9-21-15)23-27(25,26)13-5-3-4-12(7-13)16(17,18)19/h3-9H,1-2H3,(H,20,21,23). The maximum absolute atomic E-state index is 12.8. The van der Waals surface area contributed by atoms with Crippen molar-refractivity contribution in [2.24, 2.45) is 0 Å².